The Kier molecular flexibility index (Phi) is 4.68. The molecule has 4 nitrogen and oxygen atoms in total. The summed E-state index contributed by atoms with van der Waals surface area (Å²) < 4.78 is 5.46. The molecule has 1 aromatic rings. The summed E-state index contributed by atoms with van der Waals surface area (Å²) >= 11 is 11.6. The standard InChI is InChI=1S/C11H16BCl2NO3/c1-10(2,16)11(3,4)18-12(17)7-5-9(14)15-6-8(7)13/h5-6,16-17H,1-4H3. The van der Waals surface area contributed by atoms with Gasteiger partial charge in [-0.15, -0.1) is 0 Å². The largest absolute Gasteiger partial charge is 0.493 e. The maximum absolute atomic E-state index is 10.0. The molecule has 0 aliphatic heterocycles. The van der Waals surface area contributed by atoms with Crippen molar-refractivity contribution in [2.75, 3.05) is 0 Å². The van der Waals surface area contributed by atoms with E-state index in [2.05, 4.69) is 4.98 Å². The molecule has 1 rings (SSSR count). The first-order valence-corrected chi connectivity index (χ1v) is 6.19. The average molecular weight is 292 g/mol. The molecular formula is C11H16BCl2NO3. The van der Waals surface area contributed by atoms with Gasteiger partial charge in [0.25, 0.3) is 0 Å². The van der Waals surface area contributed by atoms with Crippen molar-refractivity contribution in [1.82, 2.24) is 4.98 Å². The van der Waals surface area contributed by atoms with Gasteiger partial charge in [0.2, 0.25) is 0 Å². The van der Waals surface area contributed by atoms with E-state index in [-0.39, 0.29) is 10.2 Å². The third-order valence-electron chi connectivity index (χ3n) is 3.00. The molecule has 0 saturated heterocycles. The third kappa shape index (κ3) is 3.59. The summed E-state index contributed by atoms with van der Waals surface area (Å²) in [6.07, 6.45) is 1.34. The van der Waals surface area contributed by atoms with E-state index in [1.165, 1.54) is 12.3 Å². The second-order valence-corrected chi connectivity index (χ2v) is 5.86. The van der Waals surface area contributed by atoms with Crippen LogP contribution in [0.5, 0.6) is 0 Å². The Balaban J connectivity index is 2.95. The Morgan fingerprint density at radius 2 is 1.83 bits per heavy atom. The molecule has 100 valence electrons. The quantitative estimate of drug-likeness (QED) is 0.654. The summed E-state index contributed by atoms with van der Waals surface area (Å²) in [5.74, 6) is 0. The fraction of sp³-hybridized carbons (Fsp3) is 0.545. The first-order chi connectivity index (χ1) is 8.04. The van der Waals surface area contributed by atoms with E-state index in [1.807, 2.05) is 0 Å². The zero-order chi connectivity index (χ0) is 14.1. The van der Waals surface area contributed by atoms with Crippen LogP contribution in [0.1, 0.15) is 27.7 Å². The summed E-state index contributed by atoms with van der Waals surface area (Å²) in [5, 5.41) is 20.4. The minimum Gasteiger partial charge on any atom is -0.423 e. The number of nitrogens with zero attached hydrogens (tertiary/aromatic N) is 1. The van der Waals surface area contributed by atoms with E-state index in [1.54, 1.807) is 27.7 Å². The lowest BCUT2D eigenvalue weighted by Crippen LogP contribution is -2.53. The molecule has 0 aromatic carbocycles. The van der Waals surface area contributed by atoms with Crippen molar-refractivity contribution in [3.8, 4) is 0 Å². The number of halogens is 2. The van der Waals surface area contributed by atoms with Gasteiger partial charge < -0.3 is 14.8 Å². The monoisotopic (exact) mass is 291 g/mol. The van der Waals surface area contributed by atoms with Crippen molar-refractivity contribution in [3.63, 3.8) is 0 Å². The van der Waals surface area contributed by atoms with Gasteiger partial charge in [-0.05, 0) is 33.8 Å². The zero-order valence-electron chi connectivity index (χ0n) is 10.7. The molecule has 0 amide bonds. The van der Waals surface area contributed by atoms with Crippen LogP contribution in [-0.4, -0.2) is 33.4 Å². The summed E-state index contributed by atoms with van der Waals surface area (Å²) in [7, 11) is -1.29. The van der Waals surface area contributed by atoms with Crippen LogP contribution in [0.25, 0.3) is 0 Å². The van der Waals surface area contributed by atoms with Crippen LogP contribution in [0.2, 0.25) is 10.2 Å². The highest BCUT2D eigenvalue weighted by molar-refractivity contribution is 6.64. The maximum atomic E-state index is 10.0. The minimum atomic E-state index is -1.29. The molecule has 0 bridgehead atoms. The van der Waals surface area contributed by atoms with Crippen LogP contribution in [-0.2, 0) is 4.65 Å². The Bertz CT molecular complexity index is 435. The molecule has 18 heavy (non-hydrogen) atoms. The fourth-order valence-electron chi connectivity index (χ4n) is 1.10. The van der Waals surface area contributed by atoms with Crippen LogP contribution in [0, 0.1) is 0 Å². The fourth-order valence-corrected chi connectivity index (χ4v) is 1.47. The van der Waals surface area contributed by atoms with E-state index in [0.29, 0.717) is 5.46 Å². The van der Waals surface area contributed by atoms with E-state index in [9.17, 15) is 10.1 Å². The van der Waals surface area contributed by atoms with Crippen LogP contribution in [0.4, 0.5) is 0 Å². The Morgan fingerprint density at radius 1 is 1.28 bits per heavy atom. The maximum Gasteiger partial charge on any atom is 0.493 e. The van der Waals surface area contributed by atoms with Gasteiger partial charge in [-0.2, -0.15) is 0 Å². The molecule has 0 unspecified atom stereocenters. The normalized spacial score (nSPS) is 12.7. The van der Waals surface area contributed by atoms with Gasteiger partial charge >= 0.3 is 7.12 Å². The molecule has 7 heteroatoms. The Hall–Kier alpha value is -0.325. The lowest BCUT2D eigenvalue weighted by molar-refractivity contribution is -0.0982. The first-order valence-electron chi connectivity index (χ1n) is 5.44. The van der Waals surface area contributed by atoms with Crippen molar-refractivity contribution in [2.45, 2.75) is 38.9 Å². The highest BCUT2D eigenvalue weighted by atomic mass is 35.5. The number of rotatable bonds is 4. The number of aromatic nitrogens is 1. The van der Waals surface area contributed by atoms with E-state index < -0.39 is 18.3 Å². The second kappa shape index (κ2) is 5.35. The number of hydrogen-bond donors (Lipinski definition) is 2. The SMILES string of the molecule is CC(C)(O)C(C)(C)OB(O)c1cc(Cl)ncc1Cl. The van der Waals surface area contributed by atoms with Gasteiger partial charge in [-0.25, -0.2) is 4.98 Å². The summed E-state index contributed by atoms with van der Waals surface area (Å²) in [6, 6.07) is 1.43. The minimum absolute atomic E-state index is 0.207. The molecule has 1 aromatic heterocycles. The van der Waals surface area contributed by atoms with Gasteiger partial charge in [0.15, 0.2) is 0 Å². The second-order valence-electron chi connectivity index (χ2n) is 5.07. The van der Waals surface area contributed by atoms with Crippen molar-refractivity contribution >= 4 is 35.8 Å². The Labute approximate surface area is 117 Å². The van der Waals surface area contributed by atoms with Crippen molar-refractivity contribution in [2.24, 2.45) is 0 Å². The van der Waals surface area contributed by atoms with Crippen LogP contribution >= 0.6 is 23.2 Å². The predicted octanol–water partition coefficient (Wildman–Crippen LogP) is 1.64. The molecule has 1 heterocycles. The molecule has 0 aliphatic carbocycles. The summed E-state index contributed by atoms with van der Waals surface area (Å²) in [5.41, 5.74) is -1.78. The highest BCUT2D eigenvalue weighted by Crippen LogP contribution is 2.25. The van der Waals surface area contributed by atoms with Gasteiger partial charge in [0.1, 0.15) is 5.15 Å². The van der Waals surface area contributed by atoms with E-state index >= 15 is 0 Å². The summed E-state index contributed by atoms with van der Waals surface area (Å²) in [4.78, 5) is 3.78. The lowest BCUT2D eigenvalue weighted by atomic mass is 9.77. The van der Waals surface area contributed by atoms with E-state index in [0.717, 1.165) is 0 Å². The first kappa shape index (κ1) is 15.7. The number of aliphatic hydroxyl groups is 1. The zero-order valence-corrected chi connectivity index (χ0v) is 12.2. The smallest absolute Gasteiger partial charge is 0.423 e. The molecular weight excluding hydrogens is 276 g/mol. The van der Waals surface area contributed by atoms with Crippen LogP contribution < -0.4 is 5.46 Å². The predicted molar refractivity (Wildman–Crippen MR) is 73.3 cm³/mol. The highest BCUT2D eigenvalue weighted by Gasteiger charge is 2.40. The molecule has 0 aliphatic rings. The molecule has 0 fully saturated rings. The van der Waals surface area contributed by atoms with Crippen molar-refractivity contribution in [3.05, 3.63) is 22.4 Å². The number of pyridine rings is 1. The third-order valence-corrected chi connectivity index (χ3v) is 3.52. The van der Waals surface area contributed by atoms with E-state index in [4.69, 9.17) is 27.9 Å². The van der Waals surface area contributed by atoms with Gasteiger partial charge in [0, 0.05) is 11.7 Å². The Morgan fingerprint density at radius 3 is 2.33 bits per heavy atom. The van der Waals surface area contributed by atoms with Crippen molar-refractivity contribution < 1.29 is 14.8 Å². The van der Waals surface area contributed by atoms with Crippen LogP contribution in [0.3, 0.4) is 0 Å². The lowest BCUT2D eigenvalue weighted by Gasteiger charge is -2.38. The summed E-state index contributed by atoms with van der Waals surface area (Å²) in [6.45, 7) is 6.54. The van der Waals surface area contributed by atoms with Crippen molar-refractivity contribution in [1.29, 1.82) is 0 Å². The van der Waals surface area contributed by atoms with Gasteiger partial charge in [-0.3, -0.25) is 0 Å². The molecule has 0 saturated carbocycles. The van der Waals surface area contributed by atoms with Crippen LogP contribution in [0.15, 0.2) is 12.3 Å². The van der Waals surface area contributed by atoms with Gasteiger partial charge in [-0.1, -0.05) is 23.2 Å². The van der Waals surface area contributed by atoms with Gasteiger partial charge in [0.05, 0.1) is 16.2 Å². The molecule has 2 N–H and O–H groups in total. The molecule has 0 spiro atoms. The topological polar surface area (TPSA) is 62.6 Å². The number of hydrogen-bond acceptors (Lipinski definition) is 4. The average Bonchev–Trinajstić information content (AvgIpc) is 2.19. The molecule has 0 atom stereocenters. The molecule has 0 radical (unpaired) electrons.